The maximum absolute atomic E-state index is 13.7. The summed E-state index contributed by atoms with van der Waals surface area (Å²) in [6, 6.07) is 10.4. The van der Waals surface area contributed by atoms with Gasteiger partial charge in [-0.2, -0.15) is 31.4 Å². The summed E-state index contributed by atoms with van der Waals surface area (Å²) in [6.07, 6.45) is -4.97. The minimum Gasteiger partial charge on any atom is -0.489 e. The van der Waals surface area contributed by atoms with Crippen LogP contribution in [-0.4, -0.2) is 63.2 Å². The summed E-state index contributed by atoms with van der Waals surface area (Å²) < 4.78 is 86.0. The van der Waals surface area contributed by atoms with Crippen LogP contribution in [0, 0.1) is 6.92 Å². The van der Waals surface area contributed by atoms with Gasteiger partial charge in [0.1, 0.15) is 17.9 Å². The Morgan fingerprint density at radius 3 is 2.47 bits per heavy atom. The molecule has 0 unspecified atom stereocenters. The molecule has 5 rings (SSSR count). The largest absolute Gasteiger partial charge is 0.489 e. The van der Waals surface area contributed by atoms with E-state index in [9.17, 15) is 36.2 Å². The minimum absolute atomic E-state index is 0.146. The van der Waals surface area contributed by atoms with Crippen LogP contribution < -0.4 is 4.74 Å². The molecule has 43 heavy (non-hydrogen) atoms. The number of piperidine rings is 1. The van der Waals surface area contributed by atoms with E-state index in [4.69, 9.17) is 4.74 Å². The summed E-state index contributed by atoms with van der Waals surface area (Å²) in [6.45, 7) is 2.08. The van der Waals surface area contributed by atoms with Gasteiger partial charge in [-0.1, -0.05) is 18.2 Å². The average Bonchev–Trinajstić information content (AvgIpc) is 3.60. The number of carboxylic acid groups (broad SMARTS) is 1. The van der Waals surface area contributed by atoms with Crippen molar-refractivity contribution in [1.82, 2.24) is 19.7 Å². The molecule has 1 N–H and O–H groups in total. The molecule has 3 aromatic rings. The van der Waals surface area contributed by atoms with Gasteiger partial charge in [0, 0.05) is 0 Å². The first-order valence-corrected chi connectivity index (χ1v) is 13.9. The van der Waals surface area contributed by atoms with E-state index in [1.807, 2.05) is 25.1 Å². The maximum atomic E-state index is 13.7. The van der Waals surface area contributed by atoms with Gasteiger partial charge in [-0.15, -0.1) is 0 Å². The highest BCUT2D eigenvalue weighted by atomic mass is 19.4. The molecule has 0 saturated carbocycles. The van der Waals surface area contributed by atoms with Crippen molar-refractivity contribution in [3.05, 3.63) is 76.2 Å². The average molecular weight is 609 g/mol. The Labute approximate surface area is 243 Å². The molecule has 7 nitrogen and oxygen atoms in total. The van der Waals surface area contributed by atoms with Crippen LogP contribution in [0.3, 0.4) is 0 Å². The van der Waals surface area contributed by atoms with Gasteiger partial charge in [0.25, 0.3) is 0 Å². The SMILES string of the molecule is Cc1cc(C2CCN(CC(F)(F)F)CC2)ccc1OCC1=C(c2cccc(-n3ncc(C(=O)O)c3C(F)(F)F)n2)CCC1. The number of likely N-dealkylation sites (tertiary alicyclic amines) is 1. The molecule has 0 radical (unpaired) electrons. The van der Waals surface area contributed by atoms with Gasteiger partial charge in [-0.25, -0.2) is 14.5 Å². The van der Waals surface area contributed by atoms with E-state index < -0.39 is 36.1 Å². The number of hydrogen-bond acceptors (Lipinski definition) is 5. The number of alkyl halides is 6. The third-order valence-electron chi connectivity index (χ3n) is 7.92. The summed E-state index contributed by atoms with van der Waals surface area (Å²) in [7, 11) is 0. The van der Waals surface area contributed by atoms with Crippen LogP contribution in [-0.2, 0) is 6.18 Å². The Bertz CT molecular complexity index is 1520. The molecule has 1 saturated heterocycles. The first kappa shape index (κ1) is 30.6. The van der Waals surface area contributed by atoms with Gasteiger partial charge in [0.15, 0.2) is 11.5 Å². The molecule has 1 aliphatic heterocycles. The second kappa shape index (κ2) is 12.0. The van der Waals surface area contributed by atoms with Crippen LogP contribution >= 0.6 is 0 Å². The second-order valence-corrected chi connectivity index (χ2v) is 10.9. The third-order valence-corrected chi connectivity index (χ3v) is 7.92. The molecular formula is C30H30F6N4O3. The van der Waals surface area contributed by atoms with Crippen molar-refractivity contribution in [2.45, 2.75) is 57.3 Å². The highest BCUT2D eigenvalue weighted by Crippen LogP contribution is 2.37. The second-order valence-electron chi connectivity index (χ2n) is 10.9. The van der Waals surface area contributed by atoms with Crippen molar-refractivity contribution in [2.24, 2.45) is 0 Å². The number of aryl methyl sites for hydroxylation is 1. The van der Waals surface area contributed by atoms with Crippen molar-refractivity contribution in [1.29, 1.82) is 0 Å². The molecule has 0 atom stereocenters. The van der Waals surface area contributed by atoms with E-state index in [0.717, 1.165) is 35.1 Å². The van der Waals surface area contributed by atoms with Gasteiger partial charge in [0.05, 0.1) is 18.4 Å². The summed E-state index contributed by atoms with van der Waals surface area (Å²) in [5.74, 6) is -1.03. The lowest BCUT2D eigenvalue weighted by atomic mass is 9.88. The zero-order valence-electron chi connectivity index (χ0n) is 23.3. The Morgan fingerprint density at radius 1 is 1.07 bits per heavy atom. The van der Waals surface area contributed by atoms with Gasteiger partial charge in [-0.3, -0.25) is 4.90 Å². The number of benzene rings is 1. The molecule has 1 aromatic carbocycles. The van der Waals surface area contributed by atoms with Crippen LogP contribution in [0.2, 0.25) is 0 Å². The van der Waals surface area contributed by atoms with Crippen LogP contribution in [0.1, 0.15) is 70.9 Å². The van der Waals surface area contributed by atoms with Crippen molar-refractivity contribution in [3.8, 4) is 11.6 Å². The number of aromatic carboxylic acids is 1. The molecule has 0 spiro atoms. The monoisotopic (exact) mass is 608 g/mol. The Morgan fingerprint density at radius 2 is 1.81 bits per heavy atom. The molecule has 2 aromatic heterocycles. The smallest absolute Gasteiger partial charge is 0.434 e. The summed E-state index contributed by atoms with van der Waals surface area (Å²) in [5, 5.41) is 12.9. The van der Waals surface area contributed by atoms with E-state index in [0.29, 0.717) is 54.7 Å². The highest BCUT2D eigenvalue weighted by Gasteiger charge is 2.41. The molecule has 3 heterocycles. The molecule has 0 amide bonds. The van der Waals surface area contributed by atoms with E-state index in [2.05, 4.69) is 10.1 Å². The van der Waals surface area contributed by atoms with Crippen LogP contribution in [0.25, 0.3) is 11.4 Å². The summed E-state index contributed by atoms with van der Waals surface area (Å²) in [4.78, 5) is 17.2. The minimum atomic E-state index is -4.95. The van der Waals surface area contributed by atoms with Crippen molar-refractivity contribution < 1.29 is 41.0 Å². The number of carbonyl (C=O) groups is 1. The van der Waals surface area contributed by atoms with E-state index >= 15 is 0 Å². The number of carboxylic acids is 1. The molecule has 1 fully saturated rings. The lowest BCUT2D eigenvalue weighted by Crippen LogP contribution is -2.39. The predicted molar refractivity (Wildman–Crippen MR) is 145 cm³/mol. The first-order chi connectivity index (χ1) is 20.3. The molecule has 2 aliphatic rings. The normalized spacial score (nSPS) is 17.1. The van der Waals surface area contributed by atoms with Crippen molar-refractivity contribution in [2.75, 3.05) is 26.2 Å². The topological polar surface area (TPSA) is 80.5 Å². The van der Waals surface area contributed by atoms with E-state index in [-0.39, 0.29) is 18.3 Å². The van der Waals surface area contributed by atoms with Crippen molar-refractivity contribution in [3.63, 3.8) is 0 Å². The molecule has 13 heteroatoms. The van der Waals surface area contributed by atoms with E-state index in [1.54, 1.807) is 12.1 Å². The first-order valence-electron chi connectivity index (χ1n) is 13.9. The lowest BCUT2D eigenvalue weighted by Gasteiger charge is -2.32. The number of allylic oxidation sites excluding steroid dienone is 1. The fourth-order valence-corrected chi connectivity index (χ4v) is 5.87. The number of aromatic nitrogens is 3. The fourth-order valence-electron chi connectivity index (χ4n) is 5.87. The van der Waals surface area contributed by atoms with Crippen molar-refractivity contribution >= 4 is 11.5 Å². The highest BCUT2D eigenvalue weighted by molar-refractivity contribution is 5.89. The number of ether oxygens (including phenoxy) is 1. The number of halogens is 6. The Kier molecular flexibility index (Phi) is 8.55. The van der Waals surface area contributed by atoms with Crippen LogP contribution in [0.5, 0.6) is 5.75 Å². The van der Waals surface area contributed by atoms with E-state index in [1.165, 1.54) is 11.0 Å². The molecule has 0 bridgehead atoms. The zero-order valence-corrected chi connectivity index (χ0v) is 23.3. The predicted octanol–water partition coefficient (Wildman–Crippen LogP) is 7.05. The van der Waals surface area contributed by atoms with Gasteiger partial charge < -0.3 is 9.84 Å². The molecular weight excluding hydrogens is 578 g/mol. The van der Waals surface area contributed by atoms with Gasteiger partial charge in [-0.05, 0) is 98.5 Å². The standard InChI is InChI=1S/C30H30F6N4O3/c1-18-14-20(19-10-12-39(13-11-19)17-29(31,32)33)8-9-25(18)43-16-21-4-2-5-22(21)24-6-3-7-26(38-24)40-27(30(34,35)36)23(15-37-40)28(41)42/h3,6-9,14-15,19H,2,4-5,10-13,16-17H2,1H3,(H,41,42). The quantitative estimate of drug-likeness (QED) is 0.276. The maximum Gasteiger partial charge on any atom is 0.434 e. The van der Waals surface area contributed by atoms with Crippen LogP contribution in [0.4, 0.5) is 26.3 Å². The number of nitrogens with zero attached hydrogens (tertiary/aromatic N) is 4. The third kappa shape index (κ3) is 7.03. The number of rotatable bonds is 8. The number of pyridine rings is 1. The van der Waals surface area contributed by atoms with Crippen LogP contribution in [0.15, 0.2) is 48.2 Å². The Hall–Kier alpha value is -3.87. The summed E-state index contributed by atoms with van der Waals surface area (Å²) in [5.41, 5.74) is 1.91. The Balaban J connectivity index is 1.29. The zero-order chi connectivity index (χ0) is 30.9. The molecule has 230 valence electrons. The molecule has 1 aliphatic carbocycles. The number of hydrogen-bond donors (Lipinski definition) is 1. The lowest BCUT2D eigenvalue weighted by molar-refractivity contribution is -0.148. The van der Waals surface area contributed by atoms with Gasteiger partial charge >= 0.3 is 18.3 Å². The summed E-state index contributed by atoms with van der Waals surface area (Å²) >= 11 is 0. The fraction of sp³-hybridized carbons (Fsp3) is 0.433. The van der Waals surface area contributed by atoms with Gasteiger partial charge in [0.2, 0.25) is 0 Å².